The number of piperidine rings is 1. The van der Waals surface area contributed by atoms with Crippen LogP contribution in [0.2, 0.25) is 0 Å². The Morgan fingerprint density at radius 2 is 2.00 bits per heavy atom. The average molecular weight is 479 g/mol. The number of alkyl halides is 3. The fourth-order valence-electron chi connectivity index (χ4n) is 3.74. The lowest BCUT2D eigenvalue weighted by molar-refractivity contribution is -0.185. The van der Waals surface area contributed by atoms with Crippen molar-refractivity contribution >= 4 is 39.1 Å². The zero-order valence-electron chi connectivity index (χ0n) is 17.3. The SMILES string of the molecule is FC(F)(F)C1CCN(Cc2cc3ccc(Oc4nc5ncccc5s4)cc3o2)CC1.O=CO. The van der Waals surface area contributed by atoms with Crippen molar-refractivity contribution in [3.05, 3.63) is 48.4 Å². The van der Waals surface area contributed by atoms with Gasteiger partial charge in [0.2, 0.25) is 0 Å². The number of thiazole rings is 1. The van der Waals surface area contributed by atoms with Crippen LogP contribution in [-0.4, -0.2) is 45.7 Å². The Kier molecular flexibility index (Phi) is 6.80. The number of rotatable bonds is 4. The third-order valence-electron chi connectivity index (χ3n) is 5.32. The molecule has 0 amide bonds. The van der Waals surface area contributed by atoms with E-state index in [0.717, 1.165) is 15.8 Å². The predicted molar refractivity (Wildman–Crippen MR) is 116 cm³/mol. The van der Waals surface area contributed by atoms with E-state index < -0.39 is 12.1 Å². The van der Waals surface area contributed by atoms with Gasteiger partial charge in [-0.15, -0.1) is 0 Å². The number of hydrogen-bond acceptors (Lipinski definition) is 7. The third kappa shape index (κ3) is 5.60. The Bertz CT molecular complexity index is 1200. The van der Waals surface area contributed by atoms with Crippen LogP contribution in [0.4, 0.5) is 13.2 Å². The molecule has 1 aromatic carbocycles. The van der Waals surface area contributed by atoms with Gasteiger partial charge in [0, 0.05) is 17.6 Å². The van der Waals surface area contributed by atoms with E-state index >= 15 is 0 Å². The molecular formula is C22H20F3N3O4S. The van der Waals surface area contributed by atoms with Gasteiger partial charge in [-0.2, -0.15) is 18.2 Å². The number of furan rings is 1. The van der Waals surface area contributed by atoms with Gasteiger partial charge in [-0.3, -0.25) is 9.69 Å². The van der Waals surface area contributed by atoms with Gasteiger partial charge in [-0.05, 0) is 56.3 Å². The lowest BCUT2D eigenvalue weighted by atomic mass is 9.96. The van der Waals surface area contributed by atoms with Crippen LogP contribution in [0.25, 0.3) is 21.3 Å². The monoisotopic (exact) mass is 479 g/mol. The van der Waals surface area contributed by atoms with E-state index in [1.165, 1.54) is 11.3 Å². The number of pyridine rings is 1. The van der Waals surface area contributed by atoms with E-state index in [1.807, 2.05) is 35.2 Å². The number of ether oxygens (including phenoxy) is 1. The zero-order chi connectivity index (χ0) is 23.4. The normalized spacial score (nSPS) is 15.4. The number of fused-ring (bicyclic) bond motifs is 2. The first-order valence-corrected chi connectivity index (χ1v) is 11.0. The minimum atomic E-state index is -4.10. The molecule has 1 N–H and O–H groups in total. The molecule has 33 heavy (non-hydrogen) atoms. The standard InChI is InChI=1S/C21H18F3N3O2S.CH2O2/c22-21(23,24)14-5-8-27(9-6-14)12-16-10-13-3-4-15(11-17(13)28-16)29-20-26-19-18(30-20)2-1-7-25-19;2-1-3/h1-4,7,10-11,14H,5-6,8-9,12H2;1H,(H,2,3). The smallest absolute Gasteiger partial charge is 0.391 e. The summed E-state index contributed by atoms with van der Waals surface area (Å²) in [6, 6.07) is 11.3. The Morgan fingerprint density at radius 3 is 2.70 bits per heavy atom. The maximum absolute atomic E-state index is 12.8. The predicted octanol–water partition coefficient (Wildman–Crippen LogP) is 5.70. The number of carbonyl (C=O) groups is 1. The zero-order valence-corrected chi connectivity index (χ0v) is 18.1. The van der Waals surface area contributed by atoms with Crippen LogP contribution in [0.1, 0.15) is 18.6 Å². The molecule has 0 atom stereocenters. The summed E-state index contributed by atoms with van der Waals surface area (Å²) >= 11 is 1.41. The van der Waals surface area contributed by atoms with E-state index in [1.54, 1.807) is 12.3 Å². The second kappa shape index (κ2) is 9.75. The molecule has 0 bridgehead atoms. The second-order valence-electron chi connectivity index (χ2n) is 7.52. The summed E-state index contributed by atoms with van der Waals surface area (Å²) in [7, 11) is 0. The van der Waals surface area contributed by atoms with Crippen LogP contribution in [0, 0.1) is 5.92 Å². The van der Waals surface area contributed by atoms with E-state index in [2.05, 4.69) is 9.97 Å². The first kappa shape index (κ1) is 23.0. The Hall–Kier alpha value is -3.18. The Balaban J connectivity index is 0.000000821. The Morgan fingerprint density at radius 1 is 1.24 bits per heavy atom. The van der Waals surface area contributed by atoms with Gasteiger partial charge in [-0.1, -0.05) is 11.3 Å². The molecule has 4 heterocycles. The van der Waals surface area contributed by atoms with Gasteiger partial charge >= 0.3 is 6.18 Å². The molecular weight excluding hydrogens is 459 g/mol. The van der Waals surface area contributed by atoms with Gasteiger partial charge in [-0.25, -0.2) is 4.98 Å². The van der Waals surface area contributed by atoms with Crippen molar-refractivity contribution in [1.82, 2.24) is 14.9 Å². The molecule has 0 aliphatic carbocycles. The number of benzene rings is 1. The van der Waals surface area contributed by atoms with Crippen molar-refractivity contribution in [3.8, 4) is 10.9 Å². The summed E-state index contributed by atoms with van der Waals surface area (Å²) in [5.74, 6) is 0.145. The Labute approximate surface area is 190 Å². The van der Waals surface area contributed by atoms with E-state index in [0.29, 0.717) is 41.8 Å². The van der Waals surface area contributed by atoms with Crippen molar-refractivity contribution in [3.63, 3.8) is 0 Å². The highest BCUT2D eigenvalue weighted by Crippen LogP contribution is 2.35. The minimum Gasteiger partial charge on any atom is -0.483 e. The van der Waals surface area contributed by atoms with Crippen LogP contribution in [-0.2, 0) is 11.3 Å². The van der Waals surface area contributed by atoms with Crippen molar-refractivity contribution < 1.29 is 32.2 Å². The summed E-state index contributed by atoms with van der Waals surface area (Å²) in [6.07, 6.45) is -2.13. The van der Waals surface area contributed by atoms with Crippen molar-refractivity contribution in [1.29, 1.82) is 0 Å². The molecule has 174 valence electrons. The molecule has 4 aromatic rings. The number of likely N-dealkylation sites (tertiary alicyclic amines) is 1. The van der Waals surface area contributed by atoms with E-state index in [-0.39, 0.29) is 19.3 Å². The average Bonchev–Trinajstić information content (AvgIpc) is 3.36. The van der Waals surface area contributed by atoms with Crippen LogP contribution in [0.5, 0.6) is 10.9 Å². The van der Waals surface area contributed by atoms with Gasteiger partial charge in [0.15, 0.2) is 5.65 Å². The highest BCUT2D eigenvalue weighted by Gasteiger charge is 2.41. The molecule has 0 saturated carbocycles. The second-order valence-corrected chi connectivity index (χ2v) is 8.51. The fourth-order valence-corrected chi connectivity index (χ4v) is 4.53. The van der Waals surface area contributed by atoms with Crippen molar-refractivity contribution in [2.45, 2.75) is 25.6 Å². The summed E-state index contributed by atoms with van der Waals surface area (Å²) in [4.78, 5) is 18.9. The quantitative estimate of drug-likeness (QED) is 0.375. The number of carboxylic acid groups (broad SMARTS) is 1. The van der Waals surface area contributed by atoms with E-state index in [9.17, 15) is 13.2 Å². The van der Waals surface area contributed by atoms with Crippen molar-refractivity contribution in [2.75, 3.05) is 13.1 Å². The molecule has 0 unspecified atom stereocenters. The topological polar surface area (TPSA) is 88.7 Å². The summed E-state index contributed by atoms with van der Waals surface area (Å²) in [6.45, 7) is 1.08. The van der Waals surface area contributed by atoms with Crippen LogP contribution < -0.4 is 4.74 Å². The largest absolute Gasteiger partial charge is 0.483 e. The lowest BCUT2D eigenvalue weighted by Crippen LogP contribution is -2.38. The molecule has 1 saturated heterocycles. The number of halogens is 3. The fraction of sp³-hybridized carbons (Fsp3) is 0.318. The van der Waals surface area contributed by atoms with Gasteiger partial charge in [0.25, 0.3) is 11.7 Å². The highest BCUT2D eigenvalue weighted by molar-refractivity contribution is 7.20. The molecule has 7 nitrogen and oxygen atoms in total. The molecule has 0 spiro atoms. The first-order valence-electron chi connectivity index (χ1n) is 10.1. The number of hydrogen-bond donors (Lipinski definition) is 1. The lowest BCUT2D eigenvalue weighted by Gasteiger charge is -2.32. The molecule has 5 rings (SSSR count). The molecule has 0 radical (unpaired) electrons. The summed E-state index contributed by atoms with van der Waals surface area (Å²) in [5.41, 5.74) is 1.32. The summed E-state index contributed by atoms with van der Waals surface area (Å²) < 4.78 is 51.2. The molecule has 1 fully saturated rings. The molecule has 1 aliphatic rings. The van der Waals surface area contributed by atoms with E-state index in [4.69, 9.17) is 19.1 Å². The van der Waals surface area contributed by atoms with Gasteiger partial charge in [0.05, 0.1) is 17.2 Å². The molecule has 1 aliphatic heterocycles. The van der Waals surface area contributed by atoms with Crippen LogP contribution in [0.15, 0.2) is 47.0 Å². The molecule has 3 aromatic heterocycles. The van der Waals surface area contributed by atoms with Crippen molar-refractivity contribution in [2.24, 2.45) is 5.92 Å². The number of nitrogens with zero attached hydrogens (tertiary/aromatic N) is 3. The van der Waals surface area contributed by atoms with Crippen LogP contribution in [0.3, 0.4) is 0 Å². The number of aromatic nitrogens is 2. The maximum atomic E-state index is 12.8. The van der Waals surface area contributed by atoms with Crippen LogP contribution >= 0.6 is 11.3 Å². The first-order chi connectivity index (χ1) is 15.9. The summed E-state index contributed by atoms with van der Waals surface area (Å²) in [5, 5.41) is 8.32. The molecule has 11 heteroatoms. The maximum Gasteiger partial charge on any atom is 0.391 e. The third-order valence-corrected chi connectivity index (χ3v) is 6.21. The van der Waals surface area contributed by atoms with Gasteiger partial charge in [0.1, 0.15) is 17.1 Å². The van der Waals surface area contributed by atoms with Gasteiger partial charge < -0.3 is 14.3 Å². The minimum absolute atomic E-state index is 0.138. The highest BCUT2D eigenvalue weighted by atomic mass is 32.1.